The van der Waals surface area contributed by atoms with E-state index in [4.69, 9.17) is 5.26 Å². The van der Waals surface area contributed by atoms with E-state index >= 15 is 4.39 Å². The van der Waals surface area contributed by atoms with Crippen molar-refractivity contribution in [2.24, 2.45) is 0 Å². The number of benzene rings is 2. The van der Waals surface area contributed by atoms with E-state index in [9.17, 15) is 14.3 Å². The largest absolute Gasteiger partial charge is 0.465 e. The predicted molar refractivity (Wildman–Crippen MR) is 121 cm³/mol. The van der Waals surface area contributed by atoms with E-state index in [-0.39, 0.29) is 30.7 Å². The second-order valence-corrected chi connectivity index (χ2v) is 7.99. The van der Waals surface area contributed by atoms with Gasteiger partial charge in [0.25, 0.3) is 0 Å². The van der Waals surface area contributed by atoms with Crippen molar-refractivity contribution >= 4 is 33.6 Å². The number of carbonyl (C=O) groups is 1. The molecule has 0 radical (unpaired) electrons. The third-order valence-electron chi connectivity index (χ3n) is 6.06. The lowest BCUT2D eigenvalue weighted by Crippen LogP contribution is -2.55. The predicted octanol–water partition coefficient (Wildman–Crippen LogP) is 4.21. The molecule has 10 heteroatoms. The van der Waals surface area contributed by atoms with E-state index in [1.165, 1.54) is 29.6 Å². The second-order valence-electron chi connectivity index (χ2n) is 7.99. The lowest BCUT2D eigenvalue weighted by atomic mass is 10.0. The van der Waals surface area contributed by atoms with Crippen molar-refractivity contribution < 1.29 is 18.7 Å². The van der Waals surface area contributed by atoms with Gasteiger partial charge in [-0.05, 0) is 22.9 Å². The average molecular weight is 460 g/mol. The third-order valence-corrected chi connectivity index (χ3v) is 6.06. The van der Waals surface area contributed by atoms with Gasteiger partial charge in [-0.15, -0.1) is 0 Å². The van der Waals surface area contributed by atoms with Crippen LogP contribution in [0.2, 0.25) is 0 Å². The van der Waals surface area contributed by atoms with E-state index < -0.39 is 23.8 Å². The molecule has 1 aliphatic heterocycles. The Kier molecular flexibility index (Phi) is 5.37. The lowest BCUT2D eigenvalue weighted by molar-refractivity contribution is 0.119. The first-order valence-corrected chi connectivity index (χ1v) is 10.6. The molecule has 1 aliphatic rings. The zero-order valence-electron chi connectivity index (χ0n) is 17.8. The number of amides is 1. The number of fused-ring (bicyclic) bond motifs is 2. The van der Waals surface area contributed by atoms with Gasteiger partial charge in [0.15, 0.2) is 5.82 Å². The van der Waals surface area contributed by atoms with Crippen LogP contribution in [0.25, 0.3) is 32.9 Å². The summed E-state index contributed by atoms with van der Waals surface area (Å²) in [6, 6.07) is 11.0. The van der Waals surface area contributed by atoms with Gasteiger partial charge in [0.2, 0.25) is 0 Å². The molecule has 1 amide bonds. The molecule has 0 spiro atoms. The highest BCUT2D eigenvalue weighted by Crippen LogP contribution is 2.34. The Morgan fingerprint density at radius 3 is 2.79 bits per heavy atom. The summed E-state index contributed by atoms with van der Waals surface area (Å²) < 4.78 is 29.6. The second kappa shape index (κ2) is 8.51. The van der Waals surface area contributed by atoms with Crippen molar-refractivity contribution in [1.82, 2.24) is 19.9 Å². The Bertz CT molecular complexity index is 1470. The highest BCUT2D eigenvalue weighted by Gasteiger charge is 2.32. The molecular formula is C24H18F2N6O2. The first-order valence-electron chi connectivity index (χ1n) is 10.6. The Balaban J connectivity index is 1.59. The van der Waals surface area contributed by atoms with Crippen LogP contribution in [0, 0.1) is 23.0 Å². The minimum atomic E-state index is -1.09. The average Bonchev–Trinajstić information content (AvgIpc) is 2.84. The van der Waals surface area contributed by atoms with Crippen molar-refractivity contribution in [2.75, 3.05) is 24.5 Å². The fourth-order valence-electron chi connectivity index (χ4n) is 4.45. The molecule has 2 aromatic heterocycles. The topological polar surface area (TPSA) is 106 Å². The quantitative estimate of drug-likeness (QED) is 0.488. The van der Waals surface area contributed by atoms with Gasteiger partial charge in [-0.1, -0.05) is 24.3 Å². The number of rotatable bonds is 3. The Labute approximate surface area is 192 Å². The molecule has 1 N–H and O–H groups in total. The monoisotopic (exact) mass is 460 g/mol. The van der Waals surface area contributed by atoms with Crippen LogP contribution in [-0.2, 0) is 0 Å². The minimum absolute atomic E-state index is 0.0280. The summed E-state index contributed by atoms with van der Waals surface area (Å²) in [5.41, 5.74) is 0.549. The Morgan fingerprint density at radius 1 is 1.15 bits per heavy atom. The molecule has 1 saturated heterocycles. The van der Waals surface area contributed by atoms with E-state index in [2.05, 4.69) is 15.0 Å². The zero-order valence-corrected chi connectivity index (χ0v) is 17.8. The van der Waals surface area contributed by atoms with Crippen molar-refractivity contribution in [1.29, 1.82) is 5.26 Å². The summed E-state index contributed by atoms with van der Waals surface area (Å²) in [6.07, 6.45) is 1.66. The normalized spacial score (nSPS) is 16.1. The number of piperazine rings is 1. The van der Waals surface area contributed by atoms with Crippen LogP contribution >= 0.6 is 0 Å². The molecule has 0 saturated carbocycles. The molecule has 1 fully saturated rings. The van der Waals surface area contributed by atoms with E-state index in [0.29, 0.717) is 28.7 Å². The first kappa shape index (κ1) is 21.5. The van der Waals surface area contributed by atoms with Gasteiger partial charge in [-0.3, -0.25) is 4.98 Å². The molecule has 8 nitrogen and oxygen atoms in total. The van der Waals surface area contributed by atoms with Crippen molar-refractivity contribution in [3.05, 3.63) is 60.6 Å². The molecule has 34 heavy (non-hydrogen) atoms. The Morgan fingerprint density at radius 2 is 2.00 bits per heavy atom. The number of hydrogen-bond donors (Lipinski definition) is 1. The fraction of sp³-hybridized carbons (Fsp3) is 0.208. The standard InChI is InChI=1S/C24H18F2N6O2/c25-15-5-4-14-2-1-3-17(18(14)10-15)21-20(26)22-19(11-28-21)23(30-13-29-22)31-8-9-32(24(33)34)16(12-31)6-7-27/h1-5,10-11,13,16H,6,8-9,12H2,(H,33,34). The number of pyridine rings is 1. The highest BCUT2D eigenvalue weighted by atomic mass is 19.1. The number of aromatic nitrogens is 3. The number of anilines is 1. The summed E-state index contributed by atoms with van der Waals surface area (Å²) >= 11 is 0. The smallest absolute Gasteiger partial charge is 0.407 e. The first-order chi connectivity index (χ1) is 16.5. The van der Waals surface area contributed by atoms with Crippen LogP contribution in [-0.4, -0.2) is 56.7 Å². The number of carboxylic acid groups (broad SMARTS) is 1. The van der Waals surface area contributed by atoms with Crippen LogP contribution in [0.1, 0.15) is 6.42 Å². The minimum Gasteiger partial charge on any atom is -0.465 e. The fourth-order valence-corrected chi connectivity index (χ4v) is 4.45. The maximum absolute atomic E-state index is 15.7. The molecule has 5 rings (SSSR count). The van der Waals surface area contributed by atoms with Gasteiger partial charge in [-0.2, -0.15) is 5.26 Å². The van der Waals surface area contributed by atoms with Gasteiger partial charge in [-0.25, -0.2) is 23.5 Å². The molecule has 170 valence electrons. The number of hydrogen-bond acceptors (Lipinski definition) is 6. The highest BCUT2D eigenvalue weighted by molar-refractivity contribution is 5.98. The van der Waals surface area contributed by atoms with Gasteiger partial charge in [0, 0.05) is 31.4 Å². The number of halogens is 2. The maximum Gasteiger partial charge on any atom is 0.407 e. The molecule has 1 unspecified atom stereocenters. The van der Waals surface area contributed by atoms with Gasteiger partial charge in [0.1, 0.15) is 29.2 Å². The molecule has 1 atom stereocenters. The molecule has 0 bridgehead atoms. The lowest BCUT2D eigenvalue weighted by Gasteiger charge is -2.39. The van der Waals surface area contributed by atoms with E-state index in [1.807, 2.05) is 17.0 Å². The molecule has 4 aromatic rings. The van der Waals surface area contributed by atoms with Crippen LogP contribution < -0.4 is 4.90 Å². The summed E-state index contributed by atoms with van der Waals surface area (Å²) in [6.45, 7) is 0.743. The molecule has 0 aliphatic carbocycles. The number of nitriles is 1. The van der Waals surface area contributed by atoms with Crippen LogP contribution in [0.4, 0.5) is 19.4 Å². The molecule has 3 heterocycles. The summed E-state index contributed by atoms with van der Waals surface area (Å²) in [7, 11) is 0. The van der Waals surface area contributed by atoms with E-state index in [1.54, 1.807) is 18.2 Å². The summed E-state index contributed by atoms with van der Waals surface area (Å²) in [5, 5.41) is 20.2. The number of nitrogens with zero attached hydrogens (tertiary/aromatic N) is 6. The Hall–Kier alpha value is -4.39. The van der Waals surface area contributed by atoms with Crippen molar-refractivity contribution in [2.45, 2.75) is 12.5 Å². The van der Waals surface area contributed by atoms with Crippen molar-refractivity contribution in [3.63, 3.8) is 0 Å². The van der Waals surface area contributed by atoms with E-state index in [0.717, 1.165) is 5.39 Å². The molecular weight excluding hydrogens is 442 g/mol. The van der Waals surface area contributed by atoms with Crippen molar-refractivity contribution in [3.8, 4) is 17.3 Å². The van der Waals surface area contributed by atoms with Crippen LogP contribution in [0.3, 0.4) is 0 Å². The molecule has 2 aromatic carbocycles. The van der Waals surface area contributed by atoms with Crippen LogP contribution in [0.15, 0.2) is 48.9 Å². The van der Waals surface area contributed by atoms with Gasteiger partial charge >= 0.3 is 6.09 Å². The summed E-state index contributed by atoms with van der Waals surface area (Å²) in [4.78, 5) is 27.4. The zero-order chi connectivity index (χ0) is 23.8. The van der Waals surface area contributed by atoms with Gasteiger partial charge < -0.3 is 14.9 Å². The third kappa shape index (κ3) is 3.61. The maximum atomic E-state index is 15.7. The summed E-state index contributed by atoms with van der Waals surface area (Å²) in [5.74, 6) is -0.672. The van der Waals surface area contributed by atoms with Crippen LogP contribution in [0.5, 0.6) is 0 Å². The van der Waals surface area contributed by atoms with Gasteiger partial charge in [0.05, 0.1) is 23.9 Å². The SMILES string of the molecule is N#CCC1CN(c2ncnc3c(F)c(-c4cccc5ccc(F)cc45)ncc23)CCN1C(=O)O.